The van der Waals surface area contributed by atoms with Crippen molar-refractivity contribution in [3.05, 3.63) is 52.0 Å². The summed E-state index contributed by atoms with van der Waals surface area (Å²) in [6.45, 7) is 2.81. The second-order valence-corrected chi connectivity index (χ2v) is 6.50. The zero-order valence-electron chi connectivity index (χ0n) is 14.1. The van der Waals surface area contributed by atoms with Gasteiger partial charge in [-0.05, 0) is 36.1 Å². The number of nitrogen functional groups attached to an aromatic ring is 1. The molecule has 0 atom stereocenters. The minimum Gasteiger partial charge on any atom is -0.493 e. The molecule has 0 amide bonds. The van der Waals surface area contributed by atoms with Crippen LogP contribution in [0.1, 0.15) is 16.7 Å². The maximum atomic E-state index is 6.20. The summed E-state index contributed by atoms with van der Waals surface area (Å²) >= 11 is 5.95. The third kappa shape index (κ3) is 3.45. The monoisotopic (exact) mass is 346 g/mol. The van der Waals surface area contributed by atoms with Crippen LogP contribution < -0.4 is 15.2 Å². The molecule has 2 aromatic rings. The zero-order chi connectivity index (χ0) is 17.1. The Balaban J connectivity index is 1.75. The van der Waals surface area contributed by atoms with Gasteiger partial charge in [0, 0.05) is 42.0 Å². The van der Waals surface area contributed by atoms with Crippen LogP contribution in [-0.4, -0.2) is 32.2 Å². The summed E-state index contributed by atoms with van der Waals surface area (Å²) in [4.78, 5) is 2.43. The highest BCUT2D eigenvalue weighted by molar-refractivity contribution is 6.30. The number of methoxy groups -OCH3 is 2. The molecule has 0 saturated carbocycles. The molecule has 0 radical (unpaired) electrons. The number of fused-ring (bicyclic) bond motifs is 1. The van der Waals surface area contributed by atoms with Gasteiger partial charge in [-0.1, -0.05) is 23.7 Å². The molecule has 0 aliphatic carbocycles. The first-order valence-corrected chi connectivity index (χ1v) is 8.49. The van der Waals surface area contributed by atoms with Gasteiger partial charge in [0.2, 0.25) is 0 Å². The van der Waals surface area contributed by atoms with Crippen LogP contribution in [0.15, 0.2) is 30.3 Å². The van der Waals surface area contributed by atoms with Gasteiger partial charge in [0.05, 0.1) is 14.2 Å². The second-order valence-electron chi connectivity index (χ2n) is 6.06. The topological polar surface area (TPSA) is 47.7 Å². The van der Waals surface area contributed by atoms with E-state index in [9.17, 15) is 0 Å². The van der Waals surface area contributed by atoms with Crippen molar-refractivity contribution in [2.75, 3.05) is 33.0 Å². The van der Waals surface area contributed by atoms with Crippen molar-refractivity contribution in [2.45, 2.75) is 19.4 Å². The maximum absolute atomic E-state index is 6.20. The van der Waals surface area contributed by atoms with Crippen LogP contribution in [0.4, 0.5) is 5.69 Å². The molecule has 5 heteroatoms. The second kappa shape index (κ2) is 7.32. The van der Waals surface area contributed by atoms with Crippen LogP contribution in [0, 0.1) is 0 Å². The van der Waals surface area contributed by atoms with Crippen LogP contribution >= 0.6 is 11.6 Å². The van der Waals surface area contributed by atoms with Gasteiger partial charge in [-0.15, -0.1) is 0 Å². The van der Waals surface area contributed by atoms with Gasteiger partial charge >= 0.3 is 0 Å². The summed E-state index contributed by atoms with van der Waals surface area (Å²) in [5.41, 5.74) is 10.6. The standard InChI is InChI=1S/C19H23ClN2O2/c1-23-18-11-17(21)15-8-10-22(12-16(15)19(18)24-2)9-7-13-3-5-14(20)6-4-13/h3-6,11H,7-10,12,21H2,1-2H3. The molecule has 0 fully saturated rings. The van der Waals surface area contributed by atoms with Gasteiger partial charge in [0.25, 0.3) is 0 Å². The predicted octanol–water partition coefficient (Wildman–Crippen LogP) is 3.54. The van der Waals surface area contributed by atoms with E-state index in [1.54, 1.807) is 14.2 Å². The van der Waals surface area contributed by atoms with Crippen LogP contribution in [0.2, 0.25) is 5.02 Å². The fourth-order valence-corrected chi connectivity index (χ4v) is 3.42. The molecule has 1 aliphatic rings. The normalized spacial score (nSPS) is 14.3. The van der Waals surface area contributed by atoms with E-state index in [-0.39, 0.29) is 0 Å². The lowest BCUT2D eigenvalue weighted by atomic mass is 9.96. The Morgan fingerprint density at radius 3 is 2.54 bits per heavy atom. The molecule has 0 spiro atoms. The van der Waals surface area contributed by atoms with E-state index in [4.69, 9.17) is 26.8 Å². The van der Waals surface area contributed by atoms with Crippen molar-refractivity contribution >= 4 is 17.3 Å². The van der Waals surface area contributed by atoms with Crippen LogP contribution in [0.3, 0.4) is 0 Å². The van der Waals surface area contributed by atoms with Crippen molar-refractivity contribution in [3.8, 4) is 11.5 Å². The lowest BCUT2D eigenvalue weighted by Gasteiger charge is -2.31. The summed E-state index contributed by atoms with van der Waals surface area (Å²) in [7, 11) is 3.33. The number of rotatable bonds is 5. The van der Waals surface area contributed by atoms with E-state index in [0.29, 0.717) is 5.75 Å². The molecule has 24 heavy (non-hydrogen) atoms. The van der Waals surface area contributed by atoms with Gasteiger partial charge in [0.1, 0.15) is 0 Å². The van der Waals surface area contributed by atoms with Crippen LogP contribution in [0.5, 0.6) is 11.5 Å². The minimum absolute atomic E-state index is 0.702. The van der Waals surface area contributed by atoms with E-state index in [2.05, 4.69) is 17.0 Å². The summed E-state index contributed by atoms with van der Waals surface area (Å²) < 4.78 is 11.0. The smallest absolute Gasteiger partial charge is 0.165 e. The van der Waals surface area contributed by atoms with E-state index >= 15 is 0 Å². The fourth-order valence-electron chi connectivity index (χ4n) is 3.29. The van der Waals surface area contributed by atoms with Crippen molar-refractivity contribution in [3.63, 3.8) is 0 Å². The molecule has 3 rings (SSSR count). The number of benzene rings is 2. The quantitative estimate of drug-likeness (QED) is 0.841. The number of anilines is 1. The minimum atomic E-state index is 0.702. The summed E-state index contributed by atoms with van der Waals surface area (Å²) in [6.07, 6.45) is 1.93. The molecule has 2 aromatic carbocycles. The Labute approximate surface area is 148 Å². The molecule has 1 aliphatic heterocycles. The van der Waals surface area contributed by atoms with Gasteiger partial charge in [0.15, 0.2) is 11.5 Å². The Kier molecular flexibility index (Phi) is 5.17. The zero-order valence-corrected chi connectivity index (χ0v) is 14.9. The molecule has 0 saturated heterocycles. The van der Waals surface area contributed by atoms with Crippen molar-refractivity contribution in [2.24, 2.45) is 0 Å². The molecule has 0 unspecified atom stereocenters. The molecule has 128 valence electrons. The van der Waals surface area contributed by atoms with E-state index in [1.165, 1.54) is 11.1 Å². The van der Waals surface area contributed by atoms with Crippen LogP contribution in [0.25, 0.3) is 0 Å². The van der Waals surface area contributed by atoms with Gasteiger partial charge < -0.3 is 15.2 Å². The first-order valence-electron chi connectivity index (χ1n) is 8.11. The van der Waals surface area contributed by atoms with Gasteiger partial charge in [-0.3, -0.25) is 4.90 Å². The summed E-state index contributed by atoms with van der Waals surface area (Å²) in [5, 5.41) is 0.776. The molecular formula is C19H23ClN2O2. The predicted molar refractivity (Wildman–Crippen MR) is 98.1 cm³/mol. The van der Waals surface area contributed by atoms with E-state index < -0.39 is 0 Å². The number of hydrogen-bond acceptors (Lipinski definition) is 4. The Bertz CT molecular complexity index is 716. The van der Waals surface area contributed by atoms with Crippen molar-refractivity contribution in [1.82, 2.24) is 4.90 Å². The third-order valence-electron chi connectivity index (χ3n) is 4.61. The summed E-state index contributed by atoms with van der Waals surface area (Å²) in [5.74, 6) is 1.51. The van der Waals surface area contributed by atoms with Crippen LogP contribution in [-0.2, 0) is 19.4 Å². The highest BCUT2D eigenvalue weighted by Gasteiger charge is 2.24. The number of halogens is 1. The molecular weight excluding hydrogens is 324 g/mol. The SMILES string of the molecule is COc1cc(N)c2c(c1OC)CN(CCc1ccc(Cl)cc1)CC2. The fraction of sp³-hybridized carbons (Fsp3) is 0.368. The summed E-state index contributed by atoms with van der Waals surface area (Å²) in [6, 6.07) is 9.92. The highest BCUT2D eigenvalue weighted by Crippen LogP contribution is 2.40. The molecule has 0 aromatic heterocycles. The number of nitrogens with zero attached hydrogens (tertiary/aromatic N) is 1. The highest BCUT2D eigenvalue weighted by atomic mass is 35.5. The number of nitrogens with two attached hydrogens (primary N) is 1. The number of hydrogen-bond donors (Lipinski definition) is 1. The first-order chi connectivity index (χ1) is 11.6. The Morgan fingerprint density at radius 1 is 1.12 bits per heavy atom. The lowest BCUT2D eigenvalue weighted by Crippen LogP contribution is -2.33. The molecule has 4 nitrogen and oxygen atoms in total. The molecule has 1 heterocycles. The molecule has 2 N–H and O–H groups in total. The molecule has 0 bridgehead atoms. The van der Waals surface area contributed by atoms with Crippen molar-refractivity contribution < 1.29 is 9.47 Å². The Hall–Kier alpha value is -1.91. The maximum Gasteiger partial charge on any atom is 0.165 e. The van der Waals surface area contributed by atoms with Crippen molar-refractivity contribution in [1.29, 1.82) is 0 Å². The third-order valence-corrected chi connectivity index (χ3v) is 4.86. The number of ether oxygens (including phenoxy) is 2. The van der Waals surface area contributed by atoms with E-state index in [0.717, 1.165) is 54.5 Å². The Morgan fingerprint density at radius 2 is 1.88 bits per heavy atom. The van der Waals surface area contributed by atoms with E-state index in [1.807, 2.05) is 18.2 Å². The van der Waals surface area contributed by atoms with Gasteiger partial charge in [-0.2, -0.15) is 0 Å². The average molecular weight is 347 g/mol. The van der Waals surface area contributed by atoms with Gasteiger partial charge in [-0.25, -0.2) is 0 Å². The lowest BCUT2D eigenvalue weighted by molar-refractivity contribution is 0.249. The first kappa shape index (κ1) is 16.9. The largest absolute Gasteiger partial charge is 0.493 e. The average Bonchev–Trinajstić information content (AvgIpc) is 2.61.